The molecular weight excluding hydrogens is 507 g/mol. The maximum Gasteiger partial charge on any atom is 0.420 e. The van der Waals surface area contributed by atoms with Gasteiger partial charge in [0, 0.05) is 41.6 Å². The second kappa shape index (κ2) is 10.4. The van der Waals surface area contributed by atoms with Crippen LogP contribution in [0.25, 0.3) is 16.9 Å². The van der Waals surface area contributed by atoms with Crippen molar-refractivity contribution in [3.05, 3.63) is 108 Å². The Hall–Kier alpha value is -5.06. The van der Waals surface area contributed by atoms with Gasteiger partial charge in [-0.15, -0.1) is 0 Å². The predicted molar refractivity (Wildman–Crippen MR) is 141 cm³/mol. The minimum Gasteiger partial charge on any atom is -0.324 e. The van der Waals surface area contributed by atoms with Crippen molar-refractivity contribution in [3.8, 4) is 16.9 Å². The molecule has 3 heterocycles. The predicted octanol–water partition coefficient (Wildman–Crippen LogP) is 6.36. The Bertz CT molecular complexity index is 1650. The fourth-order valence-electron chi connectivity index (χ4n) is 4.02. The molecule has 8 nitrogen and oxygen atoms in total. The van der Waals surface area contributed by atoms with E-state index in [-0.39, 0.29) is 16.9 Å². The Labute approximate surface area is 221 Å². The molecule has 0 aliphatic rings. The van der Waals surface area contributed by atoms with Gasteiger partial charge in [0.15, 0.2) is 0 Å². The number of imidazole rings is 1. The number of aryl methyl sites for hydroxylation is 2. The van der Waals surface area contributed by atoms with Crippen molar-refractivity contribution in [1.29, 1.82) is 0 Å². The third-order valence-corrected chi connectivity index (χ3v) is 5.92. The smallest absolute Gasteiger partial charge is 0.324 e. The molecule has 0 bridgehead atoms. The summed E-state index contributed by atoms with van der Waals surface area (Å²) in [5.41, 5.74) is 2.02. The maximum atomic E-state index is 14.2. The molecule has 0 atom stereocenters. The molecule has 0 spiro atoms. The summed E-state index contributed by atoms with van der Waals surface area (Å²) in [5.74, 6) is -0.410. The number of carbonyl (C=O) groups is 1. The minimum atomic E-state index is -4.73. The van der Waals surface area contributed by atoms with Crippen molar-refractivity contribution < 1.29 is 18.0 Å². The van der Waals surface area contributed by atoms with Gasteiger partial charge in [0.05, 0.1) is 29.1 Å². The molecule has 0 fully saturated rings. The van der Waals surface area contributed by atoms with Crippen LogP contribution in [0.15, 0.2) is 85.7 Å². The molecule has 5 rings (SSSR count). The maximum absolute atomic E-state index is 14.2. The van der Waals surface area contributed by atoms with Crippen LogP contribution >= 0.6 is 0 Å². The van der Waals surface area contributed by atoms with Gasteiger partial charge in [-0.2, -0.15) is 13.2 Å². The van der Waals surface area contributed by atoms with E-state index in [4.69, 9.17) is 0 Å². The molecule has 0 unspecified atom stereocenters. The molecule has 2 N–H and O–H groups in total. The molecule has 0 aliphatic carbocycles. The van der Waals surface area contributed by atoms with Crippen LogP contribution in [0.5, 0.6) is 0 Å². The van der Waals surface area contributed by atoms with E-state index in [1.54, 1.807) is 55.8 Å². The lowest BCUT2D eigenvalue weighted by Gasteiger charge is -2.18. The van der Waals surface area contributed by atoms with E-state index in [0.29, 0.717) is 23.0 Å². The first-order valence-corrected chi connectivity index (χ1v) is 11.8. The quantitative estimate of drug-likeness (QED) is 0.266. The molecule has 0 saturated carbocycles. The lowest BCUT2D eigenvalue weighted by Crippen LogP contribution is -2.19. The third-order valence-electron chi connectivity index (χ3n) is 5.92. The number of alkyl halides is 3. The van der Waals surface area contributed by atoms with Gasteiger partial charge >= 0.3 is 6.18 Å². The van der Waals surface area contributed by atoms with Crippen LogP contribution in [0.1, 0.15) is 27.2 Å². The van der Waals surface area contributed by atoms with Crippen molar-refractivity contribution >= 4 is 23.2 Å². The Kier molecular flexibility index (Phi) is 6.80. The Morgan fingerprint density at radius 1 is 0.949 bits per heavy atom. The van der Waals surface area contributed by atoms with Crippen molar-refractivity contribution in [3.63, 3.8) is 0 Å². The SMILES string of the molecule is Cc1cn(-c2cccc(NC(=O)c3ccc(C)c(Nc4nccc(-c5cccnc5)n4)c3)c2C(F)(F)F)cn1. The number of rotatable bonds is 6. The third kappa shape index (κ3) is 5.61. The Balaban J connectivity index is 1.43. The Morgan fingerprint density at radius 2 is 1.79 bits per heavy atom. The van der Waals surface area contributed by atoms with Gasteiger partial charge in [-0.3, -0.25) is 9.78 Å². The van der Waals surface area contributed by atoms with Crippen molar-refractivity contribution in [1.82, 2.24) is 24.5 Å². The van der Waals surface area contributed by atoms with E-state index in [9.17, 15) is 18.0 Å². The van der Waals surface area contributed by atoms with Crippen LogP contribution in [-0.2, 0) is 6.18 Å². The van der Waals surface area contributed by atoms with Crippen LogP contribution in [0.2, 0.25) is 0 Å². The molecule has 1 amide bonds. The molecule has 11 heteroatoms. The first kappa shape index (κ1) is 25.6. The molecule has 196 valence electrons. The van der Waals surface area contributed by atoms with Crippen LogP contribution in [0, 0.1) is 13.8 Å². The second-order valence-corrected chi connectivity index (χ2v) is 8.74. The van der Waals surface area contributed by atoms with E-state index in [1.807, 2.05) is 13.0 Å². The van der Waals surface area contributed by atoms with E-state index >= 15 is 0 Å². The average molecular weight is 530 g/mol. The number of hydrogen-bond donors (Lipinski definition) is 2. The number of aromatic nitrogens is 5. The van der Waals surface area contributed by atoms with Crippen LogP contribution in [0.3, 0.4) is 0 Å². The number of halogens is 3. The molecule has 0 saturated heterocycles. The van der Waals surface area contributed by atoms with Gasteiger partial charge in [-0.05, 0) is 61.9 Å². The summed E-state index contributed by atoms with van der Waals surface area (Å²) in [5, 5.41) is 5.53. The summed E-state index contributed by atoms with van der Waals surface area (Å²) < 4.78 is 43.7. The van der Waals surface area contributed by atoms with Crippen molar-refractivity contribution in [2.45, 2.75) is 20.0 Å². The van der Waals surface area contributed by atoms with E-state index < -0.39 is 17.6 Å². The van der Waals surface area contributed by atoms with Gasteiger partial charge in [-0.25, -0.2) is 15.0 Å². The molecule has 39 heavy (non-hydrogen) atoms. The highest BCUT2D eigenvalue weighted by atomic mass is 19.4. The zero-order chi connectivity index (χ0) is 27.6. The fourth-order valence-corrected chi connectivity index (χ4v) is 4.02. The summed E-state index contributed by atoms with van der Waals surface area (Å²) in [4.78, 5) is 30.0. The zero-order valence-electron chi connectivity index (χ0n) is 20.9. The summed E-state index contributed by atoms with van der Waals surface area (Å²) in [7, 11) is 0. The summed E-state index contributed by atoms with van der Waals surface area (Å²) >= 11 is 0. The van der Waals surface area contributed by atoms with Crippen molar-refractivity contribution in [2.75, 3.05) is 10.6 Å². The molecular formula is C28H22F3N7O. The number of carbonyl (C=O) groups excluding carboxylic acids is 1. The number of benzene rings is 2. The van der Waals surface area contributed by atoms with Crippen LogP contribution < -0.4 is 10.6 Å². The van der Waals surface area contributed by atoms with E-state index in [0.717, 1.165) is 11.1 Å². The fraction of sp³-hybridized carbons (Fsp3) is 0.107. The van der Waals surface area contributed by atoms with Gasteiger partial charge in [0.2, 0.25) is 5.95 Å². The van der Waals surface area contributed by atoms with E-state index in [2.05, 4.69) is 30.6 Å². The van der Waals surface area contributed by atoms with Crippen LogP contribution in [-0.4, -0.2) is 30.4 Å². The number of anilines is 3. The highest BCUT2D eigenvalue weighted by Crippen LogP contribution is 2.39. The minimum absolute atomic E-state index is 0.141. The van der Waals surface area contributed by atoms with Crippen molar-refractivity contribution in [2.24, 2.45) is 0 Å². The topological polar surface area (TPSA) is 97.6 Å². The summed E-state index contributed by atoms with van der Waals surface area (Å²) in [6.45, 7) is 3.51. The molecule has 0 radical (unpaired) electrons. The van der Waals surface area contributed by atoms with Gasteiger partial charge in [0.1, 0.15) is 5.56 Å². The normalized spacial score (nSPS) is 11.3. The highest BCUT2D eigenvalue weighted by molar-refractivity contribution is 6.05. The lowest BCUT2D eigenvalue weighted by molar-refractivity contribution is -0.136. The van der Waals surface area contributed by atoms with Gasteiger partial charge < -0.3 is 15.2 Å². The Morgan fingerprint density at radius 3 is 2.51 bits per heavy atom. The molecule has 5 aromatic rings. The number of amides is 1. The summed E-state index contributed by atoms with van der Waals surface area (Å²) in [6.07, 6.45) is 3.00. The van der Waals surface area contributed by atoms with E-state index in [1.165, 1.54) is 35.3 Å². The number of nitrogens with one attached hydrogen (secondary N) is 2. The molecule has 3 aromatic heterocycles. The molecule has 0 aliphatic heterocycles. The van der Waals surface area contributed by atoms with Gasteiger partial charge in [-0.1, -0.05) is 12.1 Å². The standard InChI is InChI=1S/C28H22F3N7O/c1-17-8-9-19(13-23(17)37-27-33-12-10-21(36-27)20-5-4-11-32-14-20)26(39)35-22-6-3-7-24(25(22)28(29,30)31)38-15-18(2)34-16-38/h3-16H,1-2H3,(H,35,39)(H,33,36,37). The lowest BCUT2D eigenvalue weighted by atomic mass is 10.1. The highest BCUT2D eigenvalue weighted by Gasteiger charge is 2.37. The number of pyridine rings is 1. The first-order chi connectivity index (χ1) is 18.7. The zero-order valence-corrected chi connectivity index (χ0v) is 20.9. The monoisotopic (exact) mass is 529 g/mol. The summed E-state index contributed by atoms with van der Waals surface area (Å²) in [6, 6.07) is 14.2. The van der Waals surface area contributed by atoms with Crippen LogP contribution in [0.4, 0.5) is 30.5 Å². The van der Waals surface area contributed by atoms with Gasteiger partial charge in [0.25, 0.3) is 5.91 Å². The first-order valence-electron chi connectivity index (χ1n) is 11.8. The average Bonchev–Trinajstić information content (AvgIpc) is 3.36. The molecule has 2 aromatic carbocycles. The second-order valence-electron chi connectivity index (χ2n) is 8.74. The largest absolute Gasteiger partial charge is 0.420 e. The number of nitrogens with zero attached hydrogens (tertiary/aromatic N) is 5. The number of hydrogen-bond acceptors (Lipinski definition) is 6.